The molecule has 6 amide bonds. The SMILES string of the molecule is CC(=O)N[C@@H](CO)C(=O)N1CCC[C@H]1C(=O)N[C@@H](Cc1ccccc1)C(=O)N[C@@H](CCCN=C(N)N)C(=O)N[C@@H](CO)C(N)=O. The molecule has 0 bridgehead atoms. The molecule has 1 heterocycles. The summed E-state index contributed by atoms with van der Waals surface area (Å²) in [5.41, 5.74) is 16.6. The number of carbonyl (C=O) groups is 6. The molecule has 0 saturated carbocycles. The van der Waals surface area contributed by atoms with Gasteiger partial charge in [0.2, 0.25) is 35.4 Å². The number of likely N-dealkylation sites (tertiary alicyclic amines) is 1. The molecule has 17 heteroatoms. The first-order valence-electron chi connectivity index (χ1n) is 14.5. The van der Waals surface area contributed by atoms with Crippen LogP contribution in [0, 0.1) is 0 Å². The Morgan fingerprint density at radius 2 is 1.51 bits per heavy atom. The van der Waals surface area contributed by atoms with Crippen LogP contribution in [0.5, 0.6) is 0 Å². The highest BCUT2D eigenvalue weighted by atomic mass is 16.3. The van der Waals surface area contributed by atoms with Crippen LogP contribution < -0.4 is 38.5 Å². The second kappa shape index (κ2) is 18.1. The van der Waals surface area contributed by atoms with Crippen LogP contribution in [0.4, 0.5) is 0 Å². The highest BCUT2D eigenvalue weighted by Gasteiger charge is 2.39. The van der Waals surface area contributed by atoms with Gasteiger partial charge in [0.05, 0.1) is 13.2 Å². The van der Waals surface area contributed by atoms with E-state index in [0.717, 1.165) is 0 Å². The van der Waals surface area contributed by atoms with Crippen LogP contribution in [-0.2, 0) is 35.2 Å². The maximum absolute atomic E-state index is 13.7. The second-order valence-electron chi connectivity index (χ2n) is 10.5. The summed E-state index contributed by atoms with van der Waals surface area (Å²) in [6.07, 6.45) is 1.04. The van der Waals surface area contributed by atoms with E-state index in [9.17, 15) is 39.0 Å². The summed E-state index contributed by atoms with van der Waals surface area (Å²) in [7, 11) is 0. The van der Waals surface area contributed by atoms with E-state index in [-0.39, 0.29) is 44.7 Å². The number of carbonyl (C=O) groups excluding carboxylic acids is 6. The maximum atomic E-state index is 13.7. The number of rotatable bonds is 17. The van der Waals surface area contributed by atoms with Crippen LogP contribution in [0.15, 0.2) is 35.3 Å². The van der Waals surface area contributed by atoms with Crippen LogP contribution in [0.3, 0.4) is 0 Å². The fourth-order valence-electron chi connectivity index (χ4n) is 4.78. The Bertz CT molecular complexity index is 1230. The molecule has 17 nitrogen and oxygen atoms in total. The molecule has 0 aromatic heterocycles. The number of amides is 6. The van der Waals surface area contributed by atoms with Crippen molar-refractivity contribution in [1.82, 2.24) is 26.2 Å². The lowest BCUT2D eigenvalue weighted by atomic mass is 10.0. The Morgan fingerprint density at radius 1 is 0.889 bits per heavy atom. The van der Waals surface area contributed by atoms with Crippen molar-refractivity contribution in [2.24, 2.45) is 22.2 Å². The molecule has 1 aliphatic rings. The first kappa shape index (κ1) is 36.4. The van der Waals surface area contributed by atoms with E-state index in [2.05, 4.69) is 26.3 Å². The van der Waals surface area contributed by atoms with Crippen molar-refractivity contribution in [2.45, 2.75) is 69.2 Å². The van der Waals surface area contributed by atoms with Gasteiger partial charge in [-0.1, -0.05) is 30.3 Å². The number of nitrogens with two attached hydrogens (primary N) is 3. The molecule has 1 saturated heterocycles. The fraction of sp³-hybridized carbons (Fsp3) is 0.536. The minimum Gasteiger partial charge on any atom is -0.394 e. The van der Waals surface area contributed by atoms with Gasteiger partial charge in [-0.15, -0.1) is 0 Å². The van der Waals surface area contributed by atoms with Gasteiger partial charge in [-0.05, 0) is 31.2 Å². The molecule has 1 aromatic carbocycles. The summed E-state index contributed by atoms with van der Waals surface area (Å²) >= 11 is 0. The normalized spacial score (nSPS) is 16.8. The van der Waals surface area contributed by atoms with Gasteiger partial charge in [0, 0.05) is 26.4 Å². The lowest BCUT2D eigenvalue weighted by Gasteiger charge is -2.29. The molecule has 0 unspecified atom stereocenters. The van der Waals surface area contributed by atoms with Gasteiger partial charge >= 0.3 is 0 Å². The zero-order chi connectivity index (χ0) is 33.5. The van der Waals surface area contributed by atoms with Crippen molar-refractivity contribution < 1.29 is 39.0 Å². The third-order valence-corrected chi connectivity index (χ3v) is 7.03. The number of hydrogen-bond acceptors (Lipinski definition) is 9. The molecule has 0 spiro atoms. The molecule has 248 valence electrons. The minimum atomic E-state index is -1.40. The van der Waals surface area contributed by atoms with Gasteiger partial charge in [-0.3, -0.25) is 33.8 Å². The Hall–Kier alpha value is -4.77. The zero-order valence-corrected chi connectivity index (χ0v) is 25.1. The topological polar surface area (TPSA) is 285 Å². The number of aliphatic hydroxyl groups is 2. The lowest BCUT2D eigenvalue weighted by Crippen LogP contribution is -2.59. The molecule has 5 atom stereocenters. The van der Waals surface area contributed by atoms with Crippen LogP contribution in [0.25, 0.3) is 0 Å². The molecule has 1 aromatic rings. The number of hydrogen-bond donors (Lipinski definition) is 9. The summed E-state index contributed by atoms with van der Waals surface area (Å²) in [4.78, 5) is 81.5. The Labute approximate surface area is 260 Å². The maximum Gasteiger partial charge on any atom is 0.248 e. The average Bonchev–Trinajstić information content (AvgIpc) is 3.49. The number of aliphatic imine (C=N–C) groups is 1. The van der Waals surface area contributed by atoms with Crippen LogP contribution in [0.2, 0.25) is 0 Å². The van der Waals surface area contributed by atoms with Crippen molar-refractivity contribution in [1.29, 1.82) is 0 Å². The standard InChI is InChI=1S/C28H43N9O8/c1-16(40)33-21(15-39)27(45)37-12-6-10-22(37)26(44)35-19(13-17-7-3-2-4-8-17)25(43)34-18(9-5-11-32-28(30)31)24(42)36-20(14-38)23(29)41/h2-4,7-8,18-22,38-39H,5-6,9-15H2,1H3,(H2,29,41)(H,33,40)(H,34,43)(H,35,44)(H,36,42)(H4,30,31,32)/t18-,19-,20-,21-,22-/m0/s1. The summed E-state index contributed by atoms with van der Waals surface area (Å²) in [5.74, 6) is -4.50. The molecule has 2 rings (SSSR count). The molecular weight excluding hydrogens is 590 g/mol. The minimum absolute atomic E-state index is 0.0210. The van der Waals surface area contributed by atoms with Crippen LogP contribution >= 0.6 is 0 Å². The van der Waals surface area contributed by atoms with Crippen molar-refractivity contribution in [3.63, 3.8) is 0 Å². The molecule has 0 aliphatic carbocycles. The fourth-order valence-corrected chi connectivity index (χ4v) is 4.78. The Kier molecular flexibility index (Phi) is 14.7. The summed E-state index contributed by atoms with van der Waals surface area (Å²) in [6.45, 7) is 0.0971. The van der Waals surface area contributed by atoms with E-state index >= 15 is 0 Å². The molecule has 12 N–H and O–H groups in total. The van der Waals surface area contributed by atoms with Crippen molar-refractivity contribution in [2.75, 3.05) is 26.3 Å². The molecule has 45 heavy (non-hydrogen) atoms. The first-order valence-corrected chi connectivity index (χ1v) is 14.5. The van der Waals surface area contributed by atoms with E-state index in [1.165, 1.54) is 11.8 Å². The van der Waals surface area contributed by atoms with Gasteiger partial charge in [-0.2, -0.15) is 0 Å². The van der Waals surface area contributed by atoms with E-state index < -0.39 is 78.9 Å². The predicted molar refractivity (Wildman–Crippen MR) is 162 cm³/mol. The highest BCUT2D eigenvalue weighted by molar-refractivity contribution is 5.96. The first-order chi connectivity index (χ1) is 21.4. The van der Waals surface area contributed by atoms with Crippen LogP contribution in [-0.4, -0.2) is 113 Å². The molecular formula is C28H43N9O8. The third-order valence-electron chi connectivity index (χ3n) is 7.03. The molecule has 0 radical (unpaired) electrons. The van der Waals surface area contributed by atoms with Gasteiger partial charge in [0.25, 0.3) is 0 Å². The molecule has 1 fully saturated rings. The van der Waals surface area contributed by atoms with E-state index in [1.807, 2.05) is 0 Å². The van der Waals surface area contributed by atoms with E-state index in [1.54, 1.807) is 30.3 Å². The highest BCUT2D eigenvalue weighted by Crippen LogP contribution is 2.19. The number of benzene rings is 1. The summed E-state index contributed by atoms with van der Waals surface area (Å²) in [6, 6.07) is 2.71. The van der Waals surface area contributed by atoms with Gasteiger partial charge in [0.15, 0.2) is 5.96 Å². The molecule has 1 aliphatic heterocycles. The van der Waals surface area contributed by atoms with E-state index in [0.29, 0.717) is 12.0 Å². The van der Waals surface area contributed by atoms with Gasteiger partial charge < -0.3 is 53.6 Å². The second-order valence-corrected chi connectivity index (χ2v) is 10.5. The van der Waals surface area contributed by atoms with Crippen molar-refractivity contribution in [3.05, 3.63) is 35.9 Å². The van der Waals surface area contributed by atoms with E-state index in [4.69, 9.17) is 17.2 Å². The average molecular weight is 634 g/mol. The lowest BCUT2D eigenvalue weighted by molar-refractivity contribution is -0.142. The summed E-state index contributed by atoms with van der Waals surface area (Å²) < 4.78 is 0. The number of nitrogens with one attached hydrogen (secondary N) is 4. The third kappa shape index (κ3) is 11.7. The predicted octanol–water partition coefficient (Wildman–Crippen LogP) is -4.30. The zero-order valence-electron chi connectivity index (χ0n) is 25.1. The number of primary amides is 1. The smallest absolute Gasteiger partial charge is 0.248 e. The number of aliphatic hydroxyl groups excluding tert-OH is 2. The van der Waals surface area contributed by atoms with Gasteiger partial charge in [0.1, 0.15) is 30.2 Å². The largest absolute Gasteiger partial charge is 0.394 e. The number of nitrogens with zero attached hydrogens (tertiary/aromatic N) is 2. The van der Waals surface area contributed by atoms with Crippen LogP contribution in [0.1, 0.15) is 38.2 Å². The quantitative estimate of drug-likeness (QED) is 0.0452. The Balaban J connectivity index is 2.29. The summed E-state index contributed by atoms with van der Waals surface area (Å²) in [5, 5.41) is 29.0. The van der Waals surface area contributed by atoms with Crippen molar-refractivity contribution in [3.8, 4) is 0 Å². The monoisotopic (exact) mass is 633 g/mol. The van der Waals surface area contributed by atoms with Gasteiger partial charge in [-0.25, -0.2) is 0 Å². The van der Waals surface area contributed by atoms with Crippen molar-refractivity contribution >= 4 is 41.4 Å². The number of guanidine groups is 1. The Morgan fingerprint density at radius 3 is 2.09 bits per heavy atom.